The molecule has 2 rings (SSSR count). The van der Waals surface area contributed by atoms with Gasteiger partial charge in [0.05, 0.1) is 6.61 Å². The van der Waals surface area contributed by atoms with Gasteiger partial charge >= 0.3 is 0 Å². The molecule has 0 radical (unpaired) electrons. The average molecular weight is 210 g/mol. The van der Waals surface area contributed by atoms with Gasteiger partial charge in [-0.15, -0.1) is 18.3 Å². The van der Waals surface area contributed by atoms with E-state index in [1.165, 1.54) is 18.4 Å². The van der Waals surface area contributed by atoms with E-state index in [-0.39, 0.29) is 4.93 Å². The van der Waals surface area contributed by atoms with Crippen LogP contribution in [0.4, 0.5) is 0 Å². The SMILES string of the molecule is C=CCC1CCC2(C=C1C)OCCS2. The Kier molecular flexibility index (Phi) is 3.03. The Bertz CT molecular complexity index is 251. The van der Waals surface area contributed by atoms with Gasteiger partial charge in [-0.1, -0.05) is 11.6 Å². The summed E-state index contributed by atoms with van der Waals surface area (Å²) >= 11 is 1.97. The molecule has 78 valence electrons. The molecular formula is C12H18OS. The van der Waals surface area contributed by atoms with Crippen molar-refractivity contribution in [3.8, 4) is 0 Å². The van der Waals surface area contributed by atoms with E-state index in [0.29, 0.717) is 5.92 Å². The first kappa shape index (κ1) is 10.3. The molecule has 1 heterocycles. The Morgan fingerprint density at radius 2 is 2.64 bits per heavy atom. The van der Waals surface area contributed by atoms with Crippen LogP contribution < -0.4 is 0 Å². The van der Waals surface area contributed by atoms with Crippen LogP contribution in [0.2, 0.25) is 0 Å². The molecule has 0 aromatic heterocycles. The van der Waals surface area contributed by atoms with Crippen LogP contribution >= 0.6 is 11.8 Å². The molecule has 0 N–H and O–H groups in total. The second-order valence-corrected chi connectivity index (χ2v) is 5.55. The third-order valence-electron chi connectivity index (χ3n) is 3.16. The molecule has 1 aliphatic heterocycles. The lowest BCUT2D eigenvalue weighted by molar-refractivity contribution is 0.0705. The predicted molar refractivity (Wildman–Crippen MR) is 62.4 cm³/mol. The monoisotopic (exact) mass is 210 g/mol. The van der Waals surface area contributed by atoms with Crippen molar-refractivity contribution in [2.45, 2.75) is 31.1 Å². The molecule has 1 saturated heterocycles. The van der Waals surface area contributed by atoms with Crippen LogP contribution in [0, 0.1) is 5.92 Å². The number of hydrogen-bond donors (Lipinski definition) is 0. The zero-order chi connectivity index (χ0) is 10.0. The van der Waals surface area contributed by atoms with E-state index in [4.69, 9.17) is 4.74 Å². The molecule has 1 spiro atoms. The maximum atomic E-state index is 5.84. The normalized spacial score (nSPS) is 37.2. The molecule has 0 amide bonds. The highest BCUT2D eigenvalue weighted by atomic mass is 32.2. The van der Waals surface area contributed by atoms with Crippen LogP contribution in [0.5, 0.6) is 0 Å². The zero-order valence-electron chi connectivity index (χ0n) is 8.79. The van der Waals surface area contributed by atoms with Crippen molar-refractivity contribution in [1.29, 1.82) is 0 Å². The van der Waals surface area contributed by atoms with Gasteiger partial charge in [0.25, 0.3) is 0 Å². The van der Waals surface area contributed by atoms with Crippen molar-refractivity contribution in [3.63, 3.8) is 0 Å². The molecule has 0 aromatic carbocycles. The Balaban J connectivity index is 2.10. The van der Waals surface area contributed by atoms with E-state index in [1.54, 1.807) is 0 Å². The van der Waals surface area contributed by atoms with E-state index in [9.17, 15) is 0 Å². The largest absolute Gasteiger partial charge is 0.360 e. The minimum Gasteiger partial charge on any atom is -0.360 e. The number of allylic oxidation sites excluding steroid dienone is 2. The number of ether oxygens (including phenoxy) is 1. The van der Waals surface area contributed by atoms with Gasteiger partial charge in [0.1, 0.15) is 4.93 Å². The van der Waals surface area contributed by atoms with Crippen molar-refractivity contribution < 1.29 is 4.74 Å². The summed E-state index contributed by atoms with van der Waals surface area (Å²) in [5, 5.41) is 0. The lowest BCUT2D eigenvalue weighted by atomic mass is 9.85. The summed E-state index contributed by atoms with van der Waals surface area (Å²) in [6, 6.07) is 0. The van der Waals surface area contributed by atoms with Crippen LogP contribution in [0.15, 0.2) is 24.3 Å². The molecule has 14 heavy (non-hydrogen) atoms. The minimum absolute atomic E-state index is 0.0434. The lowest BCUT2D eigenvalue weighted by Gasteiger charge is -2.33. The molecule has 2 unspecified atom stereocenters. The van der Waals surface area contributed by atoms with Gasteiger partial charge < -0.3 is 4.74 Å². The maximum absolute atomic E-state index is 5.84. The molecule has 2 atom stereocenters. The van der Waals surface area contributed by atoms with Crippen LogP contribution in [0.25, 0.3) is 0 Å². The van der Waals surface area contributed by atoms with Gasteiger partial charge in [0, 0.05) is 5.75 Å². The van der Waals surface area contributed by atoms with Gasteiger partial charge in [-0.05, 0) is 38.2 Å². The molecule has 0 saturated carbocycles. The van der Waals surface area contributed by atoms with Crippen LogP contribution in [-0.2, 0) is 4.74 Å². The Morgan fingerprint density at radius 1 is 1.79 bits per heavy atom. The van der Waals surface area contributed by atoms with Crippen molar-refractivity contribution in [3.05, 3.63) is 24.3 Å². The maximum Gasteiger partial charge on any atom is 0.132 e. The average Bonchev–Trinajstić information content (AvgIpc) is 2.59. The second kappa shape index (κ2) is 4.11. The summed E-state index contributed by atoms with van der Waals surface area (Å²) < 4.78 is 5.84. The van der Waals surface area contributed by atoms with E-state index < -0.39 is 0 Å². The molecule has 2 aliphatic rings. The highest BCUT2D eigenvalue weighted by molar-refractivity contribution is 8.00. The Hall–Kier alpha value is -0.210. The van der Waals surface area contributed by atoms with Crippen molar-refractivity contribution in [2.24, 2.45) is 5.92 Å². The van der Waals surface area contributed by atoms with Crippen molar-refractivity contribution >= 4 is 11.8 Å². The number of thioether (sulfide) groups is 1. The first-order valence-electron chi connectivity index (χ1n) is 5.34. The molecule has 0 aromatic rings. The summed E-state index contributed by atoms with van der Waals surface area (Å²) in [5.41, 5.74) is 1.49. The standard InChI is InChI=1S/C12H18OS/c1-3-4-11-5-6-12(9-10(11)2)13-7-8-14-12/h3,9,11H,1,4-8H2,2H3. The zero-order valence-corrected chi connectivity index (χ0v) is 9.61. The minimum atomic E-state index is 0.0434. The molecular weight excluding hydrogens is 192 g/mol. The lowest BCUT2D eigenvalue weighted by Crippen LogP contribution is -2.27. The number of hydrogen-bond acceptors (Lipinski definition) is 2. The fraction of sp³-hybridized carbons (Fsp3) is 0.667. The molecule has 2 heteroatoms. The molecule has 0 bridgehead atoms. The van der Waals surface area contributed by atoms with E-state index in [0.717, 1.165) is 18.8 Å². The van der Waals surface area contributed by atoms with Gasteiger partial charge in [-0.3, -0.25) is 0 Å². The van der Waals surface area contributed by atoms with Crippen LogP contribution in [0.1, 0.15) is 26.2 Å². The Labute approximate surface area is 90.6 Å². The smallest absolute Gasteiger partial charge is 0.132 e. The van der Waals surface area contributed by atoms with E-state index in [1.807, 2.05) is 17.8 Å². The fourth-order valence-electron chi connectivity index (χ4n) is 2.34. The summed E-state index contributed by atoms with van der Waals surface area (Å²) in [5.74, 6) is 1.86. The molecule has 1 fully saturated rings. The summed E-state index contributed by atoms with van der Waals surface area (Å²) in [6.07, 6.45) is 7.92. The molecule has 1 aliphatic carbocycles. The van der Waals surface area contributed by atoms with Crippen molar-refractivity contribution in [2.75, 3.05) is 12.4 Å². The fourth-order valence-corrected chi connectivity index (χ4v) is 3.55. The summed E-state index contributed by atoms with van der Waals surface area (Å²) in [7, 11) is 0. The second-order valence-electron chi connectivity index (χ2n) is 4.16. The van der Waals surface area contributed by atoms with E-state index in [2.05, 4.69) is 19.6 Å². The van der Waals surface area contributed by atoms with Crippen LogP contribution in [0.3, 0.4) is 0 Å². The third kappa shape index (κ3) is 1.91. The predicted octanol–water partition coefficient (Wildman–Crippen LogP) is 3.38. The van der Waals surface area contributed by atoms with Crippen molar-refractivity contribution in [1.82, 2.24) is 0 Å². The summed E-state index contributed by atoms with van der Waals surface area (Å²) in [4.78, 5) is 0.0434. The van der Waals surface area contributed by atoms with E-state index >= 15 is 0 Å². The van der Waals surface area contributed by atoms with Crippen LogP contribution in [-0.4, -0.2) is 17.3 Å². The van der Waals surface area contributed by atoms with Gasteiger partial charge in [-0.25, -0.2) is 0 Å². The molecule has 1 nitrogen and oxygen atoms in total. The van der Waals surface area contributed by atoms with Gasteiger partial charge in [-0.2, -0.15) is 0 Å². The highest BCUT2D eigenvalue weighted by Gasteiger charge is 2.37. The number of rotatable bonds is 2. The Morgan fingerprint density at radius 3 is 3.21 bits per heavy atom. The van der Waals surface area contributed by atoms with Gasteiger partial charge in [0.15, 0.2) is 0 Å². The topological polar surface area (TPSA) is 9.23 Å². The highest BCUT2D eigenvalue weighted by Crippen LogP contribution is 2.45. The first-order valence-corrected chi connectivity index (χ1v) is 6.32. The third-order valence-corrected chi connectivity index (χ3v) is 4.46. The summed E-state index contributed by atoms with van der Waals surface area (Å²) in [6.45, 7) is 6.97. The van der Waals surface area contributed by atoms with Gasteiger partial charge in [0.2, 0.25) is 0 Å². The first-order chi connectivity index (χ1) is 6.76. The quantitative estimate of drug-likeness (QED) is 0.646.